The fourth-order valence-electron chi connectivity index (χ4n) is 1.34. The molecule has 0 aromatic carbocycles. The number of ether oxygens (including phenoxy) is 2. The zero-order valence-electron chi connectivity index (χ0n) is 7.53. The van der Waals surface area contributed by atoms with Gasteiger partial charge in [-0.1, -0.05) is 0 Å². The van der Waals surface area contributed by atoms with E-state index < -0.39 is 0 Å². The van der Waals surface area contributed by atoms with Gasteiger partial charge in [0, 0.05) is 6.54 Å². The molecule has 2 N–H and O–H groups in total. The largest absolute Gasteiger partial charge is 0.345 e. The first kappa shape index (κ1) is 9.15. The molecule has 1 fully saturated rings. The molecule has 72 valence electrons. The predicted molar refractivity (Wildman–Crippen MR) is 51.7 cm³/mol. The molecule has 1 aliphatic heterocycles. The molecule has 0 aliphatic carbocycles. The van der Waals surface area contributed by atoms with Crippen molar-refractivity contribution in [2.75, 3.05) is 13.2 Å². The van der Waals surface area contributed by atoms with Crippen LogP contribution in [-0.4, -0.2) is 19.3 Å². The van der Waals surface area contributed by atoms with E-state index in [0.717, 1.165) is 4.88 Å². The van der Waals surface area contributed by atoms with Crippen LogP contribution in [0.5, 0.6) is 0 Å². The lowest BCUT2D eigenvalue weighted by Crippen LogP contribution is -2.21. The van der Waals surface area contributed by atoms with Gasteiger partial charge in [-0.15, -0.1) is 11.3 Å². The van der Waals surface area contributed by atoms with E-state index in [1.165, 1.54) is 5.56 Å². The highest BCUT2D eigenvalue weighted by Crippen LogP contribution is 2.32. The smallest absolute Gasteiger partial charge is 0.193 e. The summed E-state index contributed by atoms with van der Waals surface area (Å²) < 4.78 is 11.1. The van der Waals surface area contributed by atoms with E-state index >= 15 is 0 Å². The van der Waals surface area contributed by atoms with Crippen molar-refractivity contribution in [1.29, 1.82) is 0 Å². The van der Waals surface area contributed by atoms with Gasteiger partial charge in [-0.05, 0) is 23.9 Å². The monoisotopic (exact) mass is 199 g/mol. The Hall–Kier alpha value is -0.420. The molecule has 3 nitrogen and oxygen atoms in total. The fourth-order valence-corrected chi connectivity index (χ4v) is 2.24. The van der Waals surface area contributed by atoms with Crippen molar-refractivity contribution in [3.8, 4) is 0 Å². The quantitative estimate of drug-likeness (QED) is 0.783. The lowest BCUT2D eigenvalue weighted by atomic mass is 10.3. The Bertz CT molecular complexity index is 287. The van der Waals surface area contributed by atoms with Gasteiger partial charge in [-0.2, -0.15) is 0 Å². The van der Waals surface area contributed by atoms with Crippen LogP contribution in [-0.2, 0) is 9.47 Å². The number of aryl methyl sites for hydroxylation is 1. The lowest BCUT2D eigenvalue weighted by Gasteiger charge is -2.09. The van der Waals surface area contributed by atoms with Crippen molar-refractivity contribution in [1.82, 2.24) is 0 Å². The molecular formula is C9H13NO2S. The van der Waals surface area contributed by atoms with E-state index in [9.17, 15) is 0 Å². The normalized spacial score (nSPS) is 28.2. The maximum absolute atomic E-state index is 5.60. The second-order valence-corrected chi connectivity index (χ2v) is 4.07. The molecule has 2 atom stereocenters. The van der Waals surface area contributed by atoms with Crippen molar-refractivity contribution in [3.05, 3.63) is 21.9 Å². The molecule has 2 unspecified atom stereocenters. The van der Waals surface area contributed by atoms with Gasteiger partial charge in [0.25, 0.3) is 0 Å². The average Bonchev–Trinajstić information content (AvgIpc) is 2.71. The fraction of sp³-hybridized carbons (Fsp3) is 0.556. The molecule has 2 heterocycles. The van der Waals surface area contributed by atoms with E-state index in [1.807, 2.05) is 5.38 Å². The first-order chi connectivity index (χ1) is 6.31. The molecule has 0 bridgehead atoms. The Balaban J connectivity index is 2.08. The Morgan fingerprint density at radius 3 is 3.08 bits per heavy atom. The summed E-state index contributed by atoms with van der Waals surface area (Å²) >= 11 is 1.67. The summed E-state index contributed by atoms with van der Waals surface area (Å²) in [5.74, 6) is 0. The molecule has 0 saturated carbocycles. The third-order valence-corrected chi connectivity index (χ3v) is 3.17. The molecule has 1 aliphatic rings. The Labute approximate surface area is 81.5 Å². The standard InChI is InChI=1S/C9H13NO2S/c1-6-2-3-13-8(6)9-11-5-7(4-10)12-9/h2-3,7,9H,4-5,10H2,1H3. The van der Waals surface area contributed by atoms with E-state index in [2.05, 4.69) is 13.0 Å². The highest BCUT2D eigenvalue weighted by Gasteiger charge is 2.27. The van der Waals surface area contributed by atoms with Crippen LogP contribution in [0.15, 0.2) is 11.4 Å². The third-order valence-electron chi connectivity index (χ3n) is 2.13. The summed E-state index contributed by atoms with van der Waals surface area (Å²) in [6.07, 6.45) is -0.125. The van der Waals surface area contributed by atoms with Gasteiger partial charge < -0.3 is 15.2 Å². The maximum atomic E-state index is 5.60. The average molecular weight is 199 g/mol. The zero-order chi connectivity index (χ0) is 9.26. The van der Waals surface area contributed by atoms with Gasteiger partial charge in [-0.25, -0.2) is 0 Å². The molecule has 1 aromatic rings. The van der Waals surface area contributed by atoms with Crippen LogP contribution < -0.4 is 5.73 Å². The summed E-state index contributed by atoms with van der Waals surface area (Å²) in [7, 11) is 0. The number of hydrogen-bond acceptors (Lipinski definition) is 4. The van der Waals surface area contributed by atoms with Gasteiger partial charge in [0.15, 0.2) is 6.29 Å². The first-order valence-corrected chi connectivity index (χ1v) is 5.20. The van der Waals surface area contributed by atoms with Crippen molar-refractivity contribution in [3.63, 3.8) is 0 Å². The minimum absolute atomic E-state index is 0.0616. The van der Waals surface area contributed by atoms with Gasteiger partial charge in [0.2, 0.25) is 0 Å². The van der Waals surface area contributed by atoms with E-state index in [-0.39, 0.29) is 12.4 Å². The Morgan fingerprint density at radius 1 is 1.69 bits per heavy atom. The number of nitrogens with two attached hydrogens (primary N) is 1. The van der Waals surface area contributed by atoms with Crippen molar-refractivity contribution < 1.29 is 9.47 Å². The molecule has 13 heavy (non-hydrogen) atoms. The van der Waals surface area contributed by atoms with Crippen LogP contribution >= 0.6 is 11.3 Å². The van der Waals surface area contributed by atoms with Crippen molar-refractivity contribution >= 4 is 11.3 Å². The second-order valence-electron chi connectivity index (χ2n) is 3.13. The maximum Gasteiger partial charge on any atom is 0.193 e. The van der Waals surface area contributed by atoms with E-state index in [0.29, 0.717) is 13.2 Å². The summed E-state index contributed by atoms with van der Waals surface area (Å²) in [6.45, 7) is 3.20. The van der Waals surface area contributed by atoms with Gasteiger partial charge in [-0.3, -0.25) is 0 Å². The predicted octanol–water partition coefficient (Wildman–Crippen LogP) is 1.43. The lowest BCUT2D eigenvalue weighted by molar-refractivity contribution is -0.0562. The van der Waals surface area contributed by atoms with Crippen LogP contribution in [0.1, 0.15) is 16.7 Å². The summed E-state index contributed by atoms with van der Waals surface area (Å²) in [5, 5.41) is 2.05. The van der Waals surface area contributed by atoms with Crippen LogP contribution in [0, 0.1) is 6.92 Å². The minimum atomic E-state index is -0.187. The van der Waals surface area contributed by atoms with Crippen LogP contribution in [0.2, 0.25) is 0 Å². The molecule has 0 amide bonds. The van der Waals surface area contributed by atoms with Crippen LogP contribution in [0.4, 0.5) is 0 Å². The topological polar surface area (TPSA) is 44.5 Å². The van der Waals surface area contributed by atoms with Gasteiger partial charge in [0.1, 0.15) is 0 Å². The second kappa shape index (κ2) is 3.75. The van der Waals surface area contributed by atoms with Gasteiger partial charge in [0.05, 0.1) is 17.6 Å². The SMILES string of the molecule is Cc1ccsc1C1OCC(CN)O1. The Kier molecular flexibility index (Phi) is 2.64. The highest BCUT2D eigenvalue weighted by molar-refractivity contribution is 7.10. The summed E-state index contributed by atoms with van der Waals surface area (Å²) in [6, 6.07) is 2.07. The molecule has 0 spiro atoms. The van der Waals surface area contributed by atoms with Crippen molar-refractivity contribution in [2.45, 2.75) is 19.3 Å². The van der Waals surface area contributed by atoms with Crippen LogP contribution in [0.25, 0.3) is 0 Å². The zero-order valence-corrected chi connectivity index (χ0v) is 8.34. The first-order valence-electron chi connectivity index (χ1n) is 4.32. The summed E-state index contributed by atoms with van der Waals surface area (Å²) in [5.41, 5.74) is 6.72. The number of rotatable bonds is 2. The number of hydrogen-bond donors (Lipinski definition) is 1. The third kappa shape index (κ3) is 1.76. The minimum Gasteiger partial charge on any atom is -0.345 e. The van der Waals surface area contributed by atoms with E-state index in [4.69, 9.17) is 15.2 Å². The summed E-state index contributed by atoms with van der Waals surface area (Å²) in [4.78, 5) is 1.16. The molecule has 1 aromatic heterocycles. The number of thiophene rings is 1. The molecule has 1 saturated heterocycles. The van der Waals surface area contributed by atoms with Crippen molar-refractivity contribution in [2.24, 2.45) is 5.73 Å². The Morgan fingerprint density at radius 2 is 2.54 bits per heavy atom. The van der Waals surface area contributed by atoms with Crippen LogP contribution in [0.3, 0.4) is 0 Å². The molecule has 0 radical (unpaired) electrons. The molecule has 2 rings (SSSR count). The molecular weight excluding hydrogens is 186 g/mol. The molecule has 4 heteroatoms. The highest BCUT2D eigenvalue weighted by atomic mass is 32.1. The van der Waals surface area contributed by atoms with E-state index in [1.54, 1.807) is 11.3 Å². The van der Waals surface area contributed by atoms with Gasteiger partial charge >= 0.3 is 0 Å².